The van der Waals surface area contributed by atoms with E-state index in [1.165, 1.54) is 0 Å². The summed E-state index contributed by atoms with van der Waals surface area (Å²) in [4.78, 5) is 14.3. The molecule has 0 aliphatic carbocycles. The van der Waals surface area contributed by atoms with Gasteiger partial charge in [0.2, 0.25) is 0 Å². The van der Waals surface area contributed by atoms with Gasteiger partial charge in [-0.1, -0.05) is 12.1 Å². The SMILES string of the molecule is COc1ccc2cc(C(=O)N3CCOCC3)ccc2c1. The molecule has 1 heterocycles. The summed E-state index contributed by atoms with van der Waals surface area (Å²) in [6, 6.07) is 11.6. The van der Waals surface area contributed by atoms with Crippen molar-refractivity contribution in [3.8, 4) is 5.75 Å². The molecule has 4 heteroatoms. The number of hydrogen-bond donors (Lipinski definition) is 0. The Bertz CT molecular complexity index is 633. The van der Waals surface area contributed by atoms with Gasteiger partial charge in [0, 0.05) is 18.7 Å². The molecule has 3 rings (SSSR count). The van der Waals surface area contributed by atoms with E-state index in [2.05, 4.69) is 0 Å². The number of carbonyl (C=O) groups excluding carboxylic acids is 1. The van der Waals surface area contributed by atoms with Gasteiger partial charge in [0.05, 0.1) is 20.3 Å². The third-order valence-electron chi connectivity index (χ3n) is 3.59. The van der Waals surface area contributed by atoms with Gasteiger partial charge in [0.25, 0.3) is 5.91 Å². The van der Waals surface area contributed by atoms with Crippen molar-refractivity contribution in [2.24, 2.45) is 0 Å². The van der Waals surface area contributed by atoms with Gasteiger partial charge in [-0.2, -0.15) is 0 Å². The van der Waals surface area contributed by atoms with E-state index in [9.17, 15) is 4.79 Å². The van der Waals surface area contributed by atoms with Crippen LogP contribution in [0, 0.1) is 0 Å². The maximum Gasteiger partial charge on any atom is 0.254 e. The van der Waals surface area contributed by atoms with Crippen LogP contribution in [0.15, 0.2) is 36.4 Å². The zero-order valence-corrected chi connectivity index (χ0v) is 11.5. The number of morpholine rings is 1. The predicted molar refractivity (Wildman–Crippen MR) is 77.2 cm³/mol. The van der Waals surface area contributed by atoms with Crippen LogP contribution < -0.4 is 4.74 Å². The number of methoxy groups -OCH3 is 1. The molecule has 104 valence electrons. The van der Waals surface area contributed by atoms with Crippen LogP contribution in [0.5, 0.6) is 5.75 Å². The highest BCUT2D eigenvalue weighted by molar-refractivity contribution is 5.98. The number of fused-ring (bicyclic) bond motifs is 1. The first-order valence-corrected chi connectivity index (χ1v) is 6.73. The molecule has 0 radical (unpaired) electrons. The summed E-state index contributed by atoms with van der Waals surface area (Å²) < 4.78 is 10.5. The van der Waals surface area contributed by atoms with Crippen LogP contribution in [-0.2, 0) is 4.74 Å². The van der Waals surface area contributed by atoms with Gasteiger partial charge in [-0.3, -0.25) is 4.79 Å². The summed E-state index contributed by atoms with van der Waals surface area (Å²) in [5, 5.41) is 2.12. The number of hydrogen-bond acceptors (Lipinski definition) is 3. The van der Waals surface area contributed by atoms with Crippen LogP contribution in [0.2, 0.25) is 0 Å². The van der Waals surface area contributed by atoms with Crippen LogP contribution in [0.1, 0.15) is 10.4 Å². The maximum atomic E-state index is 12.4. The predicted octanol–water partition coefficient (Wildman–Crippen LogP) is 2.32. The molecule has 0 N–H and O–H groups in total. The zero-order chi connectivity index (χ0) is 13.9. The van der Waals surface area contributed by atoms with Crippen LogP contribution in [-0.4, -0.2) is 44.2 Å². The monoisotopic (exact) mass is 271 g/mol. The van der Waals surface area contributed by atoms with Crippen LogP contribution in [0.25, 0.3) is 10.8 Å². The van der Waals surface area contributed by atoms with Crippen LogP contribution in [0.4, 0.5) is 0 Å². The first kappa shape index (κ1) is 12.9. The fourth-order valence-electron chi connectivity index (χ4n) is 2.43. The molecule has 2 aromatic rings. The number of carbonyl (C=O) groups is 1. The minimum absolute atomic E-state index is 0.0750. The fraction of sp³-hybridized carbons (Fsp3) is 0.312. The minimum Gasteiger partial charge on any atom is -0.497 e. The molecule has 0 unspecified atom stereocenters. The molecule has 1 aliphatic heterocycles. The molecule has 0 bridgehead atoms. The molecule has 1 fully saturated rings. The molecule has 4 nitrogen and oxygen atoms in total. The maximum absolute atomic E-state index is 12.4. The Kier molecular flexibility index (Phi) is 3.56. The van der Waals surface area contributed by atoms with Crippen molar-refractivity contribution in [3.63, 3.8) is 0 Å². The van der Waals surface area contributed by atoms with Crippen LogP contribution >= 0.6 is 0 Å². The van der Waals surface area contributed by atoms with E-state index in [-0.39, 0.29) is 5.91 Å². The van der Waals surface area contributed by atoms with E-state index < -0.39 is 0 Å². The molecule has 20 heavy (non-hydrogen) atoms. The first-order valence-electron chi connectivity index (χ1n) is 6.73. The van der Waals surface area contributed by atoms with Crippen molar-refractivity contribution in [2.75, 3.05) is 33.4 Å². The first-order chi connectivity index (χ1) is 9.78. The Morgan fingerprint density at radius 2 is 1.80 bits per heavy atom. The van der Waals surface area contributed by atoms with Crippen molar-refractivity contribution in [1.29, 1.82) is 0 Å². The lowest BCUT2D eigenvalue weighted by molar-refractivity contribution is 0.0303. The van der Waals surface area contributed by atoms with Gasteiger partial charge in [0.15, 0.2) is 0 Å². The molecule has 1 saturated heterocycles. The summed E-state index contributed by atoms with van der Waals surface area (Å²) in [6.45, 7) is 2.58. The van der Waals surface area contributed by atoms with E-state index in [1.54, 1.807) is 7.11 Å². The van der Waals surface area contributed by atoms with Crippen molar-refractivity contribution >= 4 is 16.7 Å². The van der Waals surface area contributed by atoms with Crippen molar-refractivity contribution in [3.05, 3.63) is 42.0 Å². The van der Waals surface area contributed by atoms with Crippen molar-refractivity contribution < 1.29 is 14.3 Å². The molecular weight excluding hydrogens is 254 g/mol. The van der Waals surface area contributed by atoms with Crippen molar-refractivity contribution in [1.82, 2.24) is 4.90 Å². The summed E-state index contributed by atoms with van der Waals surface area (Å²) in [5.41, 5.74) is 0.726. The average molecular weight is 271 g/mol. The van der Waals surface area contributed by atoms with Gasteiger partial charge >= 0.3 is 0 Å². The molecule has 0 spiro atoms. The highest BCUT2D eigenvalue weighted by Crippen LogP contribution is 2.22. The molecule has 1 aliphatic rings. The Morgan fingerprint density at radius 1 is 1.10 bits per heavy atom. The normalized spacial score (nSPS) is 15.3. The van der Waals surface area contributed by atoms with E-state index >= 15 is 0 Å². The number of rotatable bonds is 2. The molecule has 0 atom stereocenters. The van der Waals surface area contributed by atoms with E-state index in [4.69, 9.17) is 9.47 Å². The lowest BCUT2D eigenvalue weighted by Crippen LogP contribution is -2.40. The van der Waals surface area contributed by atoms with Gasteiger partial charge in [-0.15, -0.1) is 0 Å². The lowest BCUT2D eigenvalue weighted by atomic mass is 10.1. The summed E-state index contributed by atoms with van der Waals surface area (Å²) >= 11 is 0. The Labute approximate surface area is 117 Å². The largest absolute Gasteiger partial charge is 0.497 e. The van der Waals surface area contributed by atoms with Gasteiger partial charge in [0.1, 0.15) is 5.75 Å². The molecule has 1 amide bonds. The Hall–Kier alpha value is -2.07. The van der Waals surface area contributed by atoms with Gasteiger partial charge < -0.3 is 14.4 Å². The summed E-state index contributed by atoms with van der Waals surface area (Å²) in [6.07, 6.45) is 0. The minimum atomic E-state index is 0.0750. The number of benzene rings is 2. The molecule has 0 saturated carbocycles. The number of ether oxygens (including phenoxy) is 2. The van der Waals surface area contributed by atoms with E-state index in [1.807, 2.05) is 41.3 Å². The average Bonchev–Trinajstić information content (AvgIpc) is 2.54. The highest BCUT2D eigenvalue weighted by atomic mass is 16.5. The van der Waals surface area contributed by atoms with Crippen LogP contribution in [0.3, 0.4) is 0 Å². The van der Waals surface area contributed by atoms with E-state index in [0.29, 0.717) is 26.3 Å². The third kappa shape index (κ3) is 2.47. The van der Waals surface area contributed by atoms with Gasteiger partial charge in [-0.05, 0) is 35.0 Å². The Morgan fingerprint density at radius 3 is 2.55 bits per heavy atom. The lowest BCUT2D eigenvalue weighted by Gasteiger charge is -2.27. The Balaban J connectivity index is 1.90. The van der Waals surface area contributed by atoms with E-state index in [0.717, 1.165) is 22.1 Å². The second-order valence-electron chi connectivity index (χ2n) is 4.83. The fourth-order valence-corrected chi connectivity index (χ4v) is 2.43. The highest BCUT2D eigenvalue weighted by Gasteiger charge is 2.18. The quantitative estimate of drug-likeness (QED) is 0.841. The summed E-state index contributed by atoms with van der Waals surface area (Å²) in [7, 11) is 1.65. The second-order valence-corrected chi connectivity index (χ2v) is 4.83. The third-order valence-corrected chi connectivity index (χ3v) is 3.59. The smallest absolute Gasteiger partial charge is 0.254 e. The standard InChI is InChI=1S/C16H17NO3/c1-19-15-5-4-12-10-14(3-2-13(12)11-15)16(18)17-6-8-20-9-7-17/h2-5,10-11H,6-9H2,1H3. The molecule has 2 aromatic carbocycles. The number of nitrogens with zero attached hydrogens (tertiary/aromatic N) is 1. The second kappa shape index (κ2) is 5.51. The topological polar surface area (TPSA) is 38.8 Å². The van der Waals surface area contributed by atoms with Crippen molar-refractivity contribution in [2.45, 2.75) is 0 Å². The molecular formula is C16H17NO3. The zero-order valence-electron chi connectivity index (χ0n) is 11.5. The molecule has 0 aromatic heterocycles. The summed E-state index contributed by atoms with van der Waals surface area (Å²) in [5.74, 6) is 0.899. The van der Waals surface area contributed by atoms with Gasteiger partial charge in [-0.25, -0.2) is 0 Å². The number of amides is 1.